The van der Waals surface area contributed by atoms with Crippen LogP contribution in [0.3, 0.4) is 0 Å². The molecule has 1 amide bonds. The number of carbonyl (C=O) groups is 2. The quantitative estimate of drug-likeness (QED) is 0.687. The largest absolute Gasteiger partial charge is 0.481 e. The Morgan fingerprint density at radius 3 is 2.66 bits per heavy atom. The monoisotopic (exact) mass is 410 g/mol. The summed E-state index contributed by atoms with van der Waals surface area (Å²) in [6.07, 6.45) is 5.54. The van der Waals surface area contributed by atoms with Crippen LogP contribution in [0.4, 0.5) is 0 Å². The molecule has 2 N–H and O–H groups in total. The fourth-order valence-electron chi connectivity index (χ4n) is 4.75. The Labute approximate surface area is 171 Å². The third-order valence-corrected chi connectivity index (χ3v) is 6.54. The van der Waals surface area contributed by atoms with Gasteiger partial charge in [0.15, 0.2) is 0 Å². The van der Waals surface area contributed by atoms with E-state index in [1.54, 1.807) is 17.0 Å². The van der Waals surface area contributed by atoms with Gasteiger partial charge in [0, 0.05) is 40.6 Å². The maximum Gasteiger partial charge on any atom is 0.312 e. The number of halogens is 1. The van der Waals surface area contributed by atoms with Crippen molar-refractivity contribution in [3.05, 3.63) is 58.8 Å². The topological polar surface area (TPSA) is 99.2 Å². The number of H-pyrrole nitrogens is 1. The van der Waals surface area contributed by atoms with Crippen LogP contribution in [0.1, 0.15) is 47.2 Å². The van der Waals surface area contributed by atoms with Gasteiger partial charge in [0.2, 0.25) is 5.82 Å². The molecule has 148 valence electrons. The van der Waals surface area contributed by atoms with E-state index < -0.39 is 17.4 Å². The van der Waals surface area contributed by atoms with Crippen molar-refractivity contribution in [1.29, 1.82) is 0 Å². The zero-order valence-electron chi connectivity index (χ0n) is 15.6. The minimum Gasteiger partial charge on any atom is -0.481 e. The van der Waals surface area contributed by atoms with Crippen LogP contribution >= 0.6 is 11.6 Å². The molecule has 0 spiro atoms. The van der Waals surface area contributed by atoms with Crippen molar-refractivity contribution in [2.45, 2.75) is 31.7 Å². The summed E-state index contributed by atoms with van der Waals surface area (Å²) >= 11 is 6.20. The summed E-state index contributed by atoms with van der Waals surface area (Å²) in [5.74, 6) is -1.13. The van der Waals surface area contributed by atoms with Gasteiger partial charge >= 0.3 is 5.97 Å². The number of hydrogen-bond acceptors (Lipinski definition) is 4. The first kappa shape index (κ1) is 18.1. The Kier molecular flexibility index (Phi) is 4.10. The van der Waals surface area contributed by atoms with E-state index in [1.807, 2.05) is 12.1 Å². The van der Waals surface area contributed by atoms with Crippen molar-refractivity contribution in [2.75, 3.05) is 6.54 Å². The Morgan fingerprint density at radius 2 is 2.00 bits per heavy atom. The lowest BCUT2D eigenvalue weighted by Crippen LogP contribution is -2.54. The average molecular weight is 411 g/mol. The van der Waals surface area contributed by atoms with E-state index in [0.29, 0.717) is 30.8 Å². The highest BCUT2D eigenvalue weighted by molar-refractivity contribution is 6.31. The van der Waals surface area contributed by atoms with E-state index in [4.69, 9.17) is 11.6 Å². The highest BCUT2D eigenvalue weighted by Crippen LogP contribution is 2.55. The molecule has 8 heteroatoms. The maximum atomic E-state index is 13.3. The van der Waals surface area contributed by atoms with Crippen LogP contribution in [-0.2, 0) is 11.2 Å². The van der Waals surface area contributed by atoms with Crippen LogP contribution in [0.2, 0.25) is 5.02 Å². The highest BCUT2D eigenvalue weighted by Gasteiger charge is 2.56. The first-order valence-corrected chi connectivity index (χ1v) is 10.0. The van der Waals surface area contributed by atoms with Crippen molar-refractivity contribution in [2.24, 2.45) is 5.41 Å². The summed E-state index contributed by atoms with van der Waals surface area (Å²) in [6, 6.07) is 6.65. The summed E-state index contributed by atoms with van der Waals surface area (Å²) in [6.45, 7) is 0.406. The second-order valence-electron chi connectivity index (χ2n) is 7.75. The SMILES string of the molecule is O=C(c1ncccn1)N1CCc2c([nH]c3ccc(Cl)cc23)C1C1(C(=O)O)CCC1. The third-order valence-electron chi connectivity index (χ3n) is 6.30. The van der Waals surface area contributed by atoms with E-state index in [0.717, 1.165) is 28.6 Å². The van der Waals surface area contributed by atoms with Gasteiger partial charge in [0.05, 0.1) is 11.5 Å². The number of nitrogens with zero attached hydrogens (tertiary/aromatic N) is 3. The fraction of sp³-hybridized carbons (Fsp3) is 0.333. The van der Waals surface area contributed by atoms with E-state index in [9.17, 15) is 14.7 Å². The van der Waals surface area contributed by atoms with Gasteiger partial charge in [0.1, 0.15) is 0 Å². The molecular formula is C21H19ClN4O3. The maximum absolute atomic E-state index is 13.3. The molecule has 0 bridgehead atoms. The van der Waals surface area contributed by atoms with Crippen LogP contribution in [0, 0.1) is 5.41 Å². The number of aliphatic carboxylic acids is 1. The number of benzene rings is 1. The van der Waals surface area contributed by atoms with E-state index >= 15 is 0 Å². The van der Waals surface area contributed by atoms with Crippen molar-refractivity contribution in [1.82, 2.24) is 19.9 Å². The van der Waals surface area contributed by atoms with Gasteiger partial charge in [-0.05, 0) is 49.1 Å². The minimum atomic E-state index is -1.01. The van der Waals surface area contributed by atoms with E-state index in [-0.39, 0.29) is 11.7 Å². The molecule has 1 aromatic carbocycles. The Bertz CT molecular complexity index is 1120. The van der Waals surface area contributed by atoms with Gasteiger partial charge in [-0.1, -0.05) is 18.0 Å². The van der Waals surface area contributed by atoms with Crippen molar-refractivity contribution in [3.63, 3.8) is 0 Å². The number of amides is 1. The van der Waals surface area contributed by atoms with Crippen molar-refractivity contribution >= 4 is 34.4 Å². The molecule has 7 nitrogen and oxygen atoms in total. The first-order valence-electron chi connectivity index (χ1n) is 9.63. The average Bonchev–Trinajstić information content (AvgIpc) is 3.05. The molecule has 2 aromatic heterocycles. The second-order valence-corrected chi connectivity index (χ2v) is 8.18. The smallest absolute Gasteiger partial charge is 0.312 e. The molecular weight excluding hydrogens is 392 g/mol. The van der Waals surface area contributed by atoms with Gasteiger partial charge < -0.3 is 15.0 Å². The highest BCUT2D eigenvalue weighted by atomic mass is 35.5. The molecule has 2 aliphatic rings. The fourth-order valence-corrected chi connectivity index (χ4v) is 4.93. The molecule has 1 atom stereocenters. The standard InChI is InChI=1S/C21H19ClN4O3/c22-12-3-4-15-14(11-12)13-5-10-26(19(27)18-23-8-2-9-24-18)17(16(13)25-15)21(20(28)29)6-1-7-21/h2-4,8-9,11,17,25H,1,5-7,10H2,(H,28,29). The third kappa shape index (κ3) is 2.64. The van der Waals surface area contributed by atoms with E-state index in [1.165, 1.54) is 12.4 Å². The summed E-state index contributed by atoms with van der Waals surface area (Å²) in [5, 5.41) is 11.8. The minimum absolute atomic E-state index is 0.0833. The first-order chi connectivity index (χ1) is 14.0. The summed E-state index contributed by atoms with van der Waals surface area (Å²) in [7, 11) is 0. The number of carboxylic acids is 1. The molecule has 29 heavy (non-hydrogen) atoms. The summed E-state index contributed by atoms with van der Waals surface area (Å²) in [5.41, 5.74) is 1.72. The molecule has 1 aliphatic heterocycles. The zero-order chi connectivity index (χ0) is 20.2. The van der Waals surface area contributed by atoms with Crippen molar-refractivity contribution < 1.29 is 14.7 Å². The molecule has 5 rings (SSSR count). The number of aromatic amines is 1. The molecule has 1 aliphatic carbocycles. The molecule has 3 aromatic rings. The van der Waals surface area contributed by atoms with Gasteiger partial charge in [-0.25, -0.2) is 9.97 Å². The number of carboxylic acid groups (broad SMARTS) is 1. The second kappa shape index (κ2) is 6.56. The van der Waals surface area contributed by atoms with Gasteiger partial charge in [-0.15, -0.1) is 0 Å². The number of aromatic nitrogens is 3. The molecule has 1 unspecified atom stereocenters. The van der Waals surface area contributed by atoms with Gasteiger partial charge in [0.25, 0.3) is 5.91 Å². The lowest BCUT2D eigenvalue weighted by atomic mass is 9.61. The Hall–Kier alpha value is -2.93. The summed E-state index contributed by atoms with van der Waals surface area (Å²) in [4.78, 5) is 38.9. The zero-order valence-corrected chi connectivity index (χ0v) is 16.3. The predicted octanol–water partition coefficient (Wildman–Crippen LogP) is 3.61. The van der Waals surface area contributed by atoms with Crippen LogP contribution < -0.4 is 0 Å². The number of hydrogen-bond donors (Lipinski definition) is 2. The van der Waals surface area contributed by atoms with E-state index in [2.05, 4.69) is 15.0 Å². The van der Waals surface area contributed by atoms with Crippen LogP contribution in [0.15, 0.2) is 36.7 Å². The predicted molar refractivity (Wildman–Crippen MR) is 107 cm³/mol. The lowest BCUT2D eigenvalue weighted by Gasteiger charge is -2.50. The van der Waals surface area contributed by atoms with Gasteiger partial charge in [-0.3, -0.25) is 9.59 Å². The molecule has 1 saturated carbocycles. The normalized spacial score (nSPS) is 20.2. The molecule has 3 heterocycles. The van der Waals surface area contributed by atoms with Crippen LogP contribution in [-0.4, -0.2) is 43.4 Å². The van der Waals surface area contributed by atoms with Crippen LogP contribution in [0.25, 0.3) is 10.9 Å². The number of nitrogens with one attached hydrogen (secondary N) is 1. The molecule has 1 fully saturated rings. The molecule has 0 radical (unpaired) electrons. The van der Waals surface area contributed by atoms with Crippen LogP contribution in [0.5, 0.6) is 0 Å². The summed E-state index contributed by atoms with van der Waals surface area (Å²) < 4.78 is 0. The Balaban J connectivity index is 1.69. The number of carbonyl (C=O) groups excluding carboxylic acids is 1. The number of fused-ring (bicyclic) bond motifs is 3. The molecule has 0 saturated heterocycles. The van der Waals surface area contributed by atoms with Crippen molar-refractivity contribution in [3.8, 4) is 0 Å². The van der Waals surface area contributed by atoms with Gasteiger partial charge in [-0.2, -0.15) is 0 Å². The number of rotatable bonds is 3. The lowest BCUT2D eigenvalue weighted by molar-refractivity contribution is -0.161. The Morgan fingerprint density at radius 1 is 1.24 bits per heavy atom.